The van der Waals surface area contributed by atoms with Crippen molar-refractivity contribution >= 4 is 18.3 Å². The third-order valence-electron chi connectivity index (χ3n) is 3.05. The van der Waals surface area contributed by atoms with E-state index in [2.05, 4.69) is 10.6 Å². The lowest BCUT2D eigenvalue weighted by atomic mass is 9.82. The van der Waals surface area contributed by atoms with Gasteiger partial charge in [0, 0.05) is 24.6 Å². The molecule has 1 rings (SSSR count). The van der Waals surface area contributed by atoms with Gasteiger partial charge >= 0.3 is 0 Å². The molecule has 0 aliphatic rings. The van der Waals surface area contributed by atoms with Crippen LogP contribution in [0.1, 0.15) is 38.8 Å². The van der Waals surface area contributed by atoms with Crippen molar-refractivity contribution in [2.24, 2.45) is 5.41 Å². The molecule has 0 spiro atoms. The first kappa shape index (κ1) is 19.8. The van der Waals surface area contributed by atoms with E-state index in [4.69, 9.17) is 0 Å². The van der Waals surface area contributed by atoms with E-state index >= 15 is 0 Å². The zero-order valence-electron chi connectivity index (χ0n) is 12.8. The molecular weight excluding hydrogens is 298 g/mol. The van der Waals surface area contributed by atoms with Gasteiger partial charge in [0.2, 0.25) is 5.91 Å². The second-order valence-corrected chi connectivity index (χ2v) is 5.89. The van der Waals surface area contributed by atoms with E-state index in [0.717, 1.165) is 6.07 Å². The summed E-state index contributed by atoms with van der Waals surface area (Å²) in [7, 11) is 1.76. The van der Waals surface area contributed by atoms with Crippen LogP contribution in [-0.2, 0) is 4.79 Å². The number of hydrogen-bond acceptors (Lipinski definition) is 2. The molecule has 0 heterocycles. The van der Waals surface area contributed by atoms with Gasteiger partial charge in [0.05, 0.1) is 6.04 Å². The van der Waals surface area contributed by atoms with Crippen molar-refractivity contribution < 1.29 is 13.6 Å². The number of benzene rings is 1. The molecule has 2 N–H and O–H groups in total. The molecule has 1 amide bonds. The molecule has 120 valence electrons. The van der Waals surface area contributed by atoms with E-state index in [-0.39, 0.29) is 23.7 Å². The lowest BCUT2D eigenvalue weighted by Crippen LogP contribution is -2.38. The fraction of sp³-hybridized carbons (Fsp3) is 0.533. The highest BCUT2D eigenvalue weighted by molar-refractivity contribution is 5.85. The number of halogens is 3. The lowest BCUT2D eigenvalue weighted by Gasteiger charge is -2.32. The van der Waals surface area contributed by atoms with Crippen LogP contribution in [0.3, 0.4) is 0 Å². The quantitative estimate of drug-likeness (QED) is 0.874. The lowest BCUT2D eigenvalue weighted by molar-refractivity contribution is -0.122. The Bertz CT molecular complexity index is 475. The highest BCUT2D eigenvalue weighted by atomic mass is 35.5. The van der Waals surface area contributed by atoms with Gasteiger partial charge in [0.1, 0.15) is 11.6 Å². The van der Waals surface area contributed by atoms with Gasteiger partial charge in [-0.25, -0.2) is 8.78 Å². The van der Waals surface area contributed by atoms with Crippen molar-refractivity contribution in [2.45, 2.75) is 33.2 Å². The zero-order chi connectivity index (χ0) is 15.3. The van der Waals surface area contributed by atoms with Crippen LogP contribution in [0.15, 0.2) is 18.2 Å². The standard InChI is InChI=1S/C15H22F2N2O.ClH/c1-15(2,3)14(19-13(20)7-8-18-4)11-6-5-10(16)9-12(11)17;/h5-6,9,14,18H,7-8H2,1-4H3,(H,19,20);1H. The maximum absolute atomic E-state index is 13.9. The van der Waals surface area contributed by atoms with Crippen LogP contribution >= 0.6 is 12.4 Å². The minimum atomic E-state index is -0.640. The summed E-state index contributed by atoms with van der Waals surface area (Å²) in [6.07, 6.45) is 0.311. The van der Waals surface area contributed by atoms with E-state index in [1.165, 1.54) is 12.1 Å². The first-order valence-corrected chi connectivity index (χ1v) is 6.64. The number of carbonyl (C=O) groups is 1. The largest absolute Gasteiger partial charge is 0.349 e. The van der Waals surface area contributed by atoms with Gasteiger partial charge in [-0.15, -0.1) is 12.4 Å². The van der Waals surface area contributed by atoms with Gasteiger partial charge in [0.15, 0.2) is 0 Å². The summed E-state index contributed by atoms with van der Waals surface area (Å²) in [5.41, 5.74) is -0.0785. The zero-order valence-corrected chi connectivity index (χ0v) is 13.6. The van der Waals surface area contributed by atoms with Crippen LogP contribution < -0.4 is 10.6 Å². The minimum absolute atomic E-state index is 0. The van der Waals surface area contributed by atoms with E-state index in [0.29, 0.717) is 18.5 Å². The van der Waals surface area contributed by atoms with Crippen LogP contribution in [-0.4, -0.2) is 19.5 Å². The molecule has 0 saturated carbocycles. The molecule has 0 radical (unpaired) electrons. The van der Waals surface area contributed by atoms with Crippen molar-refractivity contribution in [3.05, 3.63) is 35.4 Å². The second-order valence-electron chi connectivity index (χ2n) is 5.89. The predicted molar refractivity (Wildman–Crippen MR) is 82.5 cm³/mol. The summed E-state index contributed by atoms with van der Waals surface area (Å²) >= 11 is 0. The van der Waals surface area contributed by atoms with Crippen LogP contribution in [0.4, 0.5) is 8.78 Å². The minimum Gasteiger partial charge on any atom is -0.349 e. The molecule has 1 unspecified atom stereocenters. The molecule has 1 aromatic rings. The van der Waals surface area contributed by atoms with Crippen molar-refractivity contribution in [3.63, 3.8) is 0 Å². The number of amides is 1. The van der Waals surface area contributed by atoms with Crippen molar-refractivity contribution in [1.29, 1.82) is 0 Å². The summed E-state index contributed by atoms with van der Waals surface area (Å²) in [5, 5.41) is 5.71. The van der Waals surface area contributed by atoms with Crippen molar-refractivity contribution in [1.82, 2.24) is 10.6 Å². The fourth-order valence-electron chi connectivity index (χ4n) is 1.97. The molecule has 0 bridgehead atoms. The van der Waals surface area contributed by atoms with Gasteiger partial charge < -0.3 is 10.6 Å². The Kier molecular flexibility index (Phi) is 7.82. The third kappa shape index (κ3) is 5.98. The van der Waals surface area contributed by atoms with Gasteiger partial charge in [0.25, 0.3) is 0 Å². The highest BCUT2D eigenvalue weighted by Gasteiger charge is 2.30. The third-order valence-corrected chi connectivity index (χ3v) is 3.05. The first-order chi connectivity index (χ1) is 9.25. The Morgan fingerprint density at radius 2 is 1.90 bits per heavy atom. The number of carbonyl (C=O) groups excluding carboxylic acids is 1. The Morgan fingerprint density at radius 1 is 1.29 bits per heavy atom. The van der Waals surface area contributed by atoms with Crippen molar-refractivity contribution in [3.8, 4) is 0 Å². The van der Waals surface area contributed by atoms with Crippen LogP contribution in [0.25, 0.3) is 0 Å². The Labute approximate surface area is 130 Å². The van der Waals surface area contributed by atoms with Gasteiger partial charge in [-0.2, -0.15) is 0 Å². The Morgan fingerprint density at radius 3 is 2.38 bits per heavy atom. The molecule has 0 fully saturated rings. The molecule has 3 nitrogen and oxygen atoms in total. The molecule has 0 saturated heterocycles. The molecular formula is C15H23ClF2N2O. The number of rotatable bonds is 5. The molecule has 1 aromatic carbocycles. The Hall–Kier alpha value is -1.20. The smallest absolute Gasteiger partial charge is 0.221 e. The molecule has 0 aliphatic carbocycles. The van der Waals surface area contributed by atoms with Gasteiger partial charge in [-0.1, -0.05) is 26.8 Å². The summed E-state index contributed by atoms with van der Waals surface area (Å²) in [4.78, 5) is 11.9. The predicted octanol–water partition coefficient (Wildman–Crippen LogP) is 3.20. The fourth-order valence-corrected chi connectivity index (χ4v) is 1.97. The van der Waals surface area contributed by atoms with Crippen molar-refractivity contribution in [2.75, 3.05) is 13.6 Å². The van der Waals surface area contributed by atoms with Gasteiger partial charge in [-0.05, 0) is 18.5 Å². The SMILES string of the molecule is CNCCC(=O)NC(c1ccc(F)cc1F)C(C)(C)C.Cl. The molecule has 1 atom stereocenters. The average molecular weight is 321 g/mol. The summed E-state index contributed by atoms with van der Waals surface area (Å²) in [6, 6.07) is 2.93. The van der Waals surface area contributed by atoms with Crippen LogP contribution in [0.2, 0.25) is 0 Å². The van der Waals surface area contributed by atoms with E-state index < -0.39 is 17.7 Å². The topological polar surface area (TPSA) is 41.1 Å². The maximum Gasteiger partial charge on any atom is 0.221 e. The summed E-state index contributed by atoms with van der Waals surface area (Å²) in [5.74, 6) is -1.43. The first-order valence-electron chi connectivity index (χ1n) is 6.64. The summed E-state index contributed by atoms with van der Waals surface area (Å²) < 4.78 is 26.9. The summed E-state index contributed by atoms with van der Waals surface area (Å²) in [6.45, 7) is 6.25. The van der Waals surface area contributed by atoms with E-state index in [1.807, 2.05) is 20.8 Å². The second kappa shape index (κ2) is 8.29. The number of nitrogens with one attached hydrogen (secondary N) is 2. The normalized spacial score (nSPS) is 12.5. The molecule has 0 aliphatic heterocycles. The van der Waals surface area contributed by atoms with Crippen LogP contribution in [0, 0.1) is 17.0 Å². The van der Waals surface area contributed by atoms with E-state index in [1.54, 1.807) is 7.05 Å². The monoisotopic (exact) mass is 320 g/mol. The Balaban J connectivity index is 0.00000400. The molecule has 21 heavy (non-hydrogen) atoms. The average Bonchev–Trinajstić information content (AvgIpc) is 2.33. The van der Waals surface area contributed by atoms with Crippen LogP contribution in [0.5, 0.6) is 0 Å². The van der Waals surface area contributed by atoms with E-state index in [9.17, 15) is 13.6 Å². The van der Waals surface area contributed by atoms with Gasteiger partial charge in [-0.3, -0.25) is 4.79 Å². The molecule has 6 heteroatoms. The number of hydrogen-bond donors (Lipinski definition) is 2. The molecule has 0 aromatic heterocycles. The highest BCUT2D eigenvalue weighted by Crippen LogP contribution is 2.34. The maximum atomic E-state index is 13.9.